The van der Waals surface area contributed by atoms with Crippen LogP contribution in [-0.4, -0.2) is 4.92 Å². The van der Waals surface area contributed by atoms with Crippen LogP contribution in [0.4, 0.5) is 5.69 Å². The van der Waals surface area contributed by atoms with Crippen molar-refractivity contribution in [1.29, 1.82) is 0 Å². The Bertz CT molecular complexity index is 526. The second kappa shape index (κ2) is 6.29. The number of benzene rings is 1. The highest BCUT2D eigenvalue weighted by atomic mass is 127. The quantitative estimate of drug-likeness (QED) is 0.313. The van der Waals surface area contributed by atoms with E-state index in [2.05, 4.69) is 0 Å². The summed E-state index contributed by atoms with van der Waals surface area (Å²) in [5.74, 6) is 1.27. The van der Waals surface area contributed by atoms with Crippen molar-refractivity contribution >= 4 is 5.69 Å². The van der Waals surface area contributed by atoms with E-state index < -0.39 is 4.92 Å². The van der Waals surface area contributed by atoms with Gasteiger partial charge in [-0.1, -0.05) is 0 Å². The van der Waals surface area contributed by atoms with Gasteiger partial charge < -0.3 is 28.7 Å². The molecule has 0 saturated carbocycles. The molecule has 0 aliphatic carbocycles. The van der Waals surface area contributed by atoms with Gasteiger partial charge in [-0.3, -0.25) is 10.1 Å². The molecule has 1 aromatic carbocycles. The number of ether oxygens (including phenoxy) is 1. The van der Waals surface area contributed by atoms with Crippen molar-refractivity contribution in [3.05, 3.63) is 58.9 Å². The van der Waals surface area contributed by atoms with Crippen LogP contribution >= 0.6 is 0 Å². The molecule has 6 heteroatoms. The van der Waals surface area contributed by atoms with Crippen LogP contribution in [-0.2, 0) is 7.05 Å². The summed E-state index contributed by atoms with van der Waals surface area (Å²) < 4.78 is 7.42. The van der Waals surface area contributed by atoms with Crippen LogP contribution in [0.15, 0.2) is 48.8 Å². The zero-order chi connectivity index (χ0) is 12.3. The Morgan fingerprint density at radius 2 is 1.56 bits per heavy atom. The Balaban J connectivity index is 0.00000162. The SMILES string of the molecule is C[n+]1ccc(Oc2ccc([N+](=O)[O-])cc2)cc1.[I-]. The van der Waals surface area contributed by atoms with Gasteiger partial charge in [0.15, 0.2) is 12.4 Å². The number of aryl methyl sites for hydroxylation is 1. The summed E-state index contributed by atoms with van der Waals surface area (Å²) in [6, 6.07) is 9.62. The summed E-state index contributed by atoms with van der Waals surface area (Å²) in [6.07, 6.45) is 3.72. The first-order valence-electron chi connectivity index (χ1n) is 5.03. The molecule has 0 spiro atoms. The molecule has 94 valence electrons. The fraction of sp³-hybridized carbons (Fsp3) is 0.0833. The van der Waals surface area contributed by atoms with E-state index in [1.165, 1.54) is 12.1 Å². The van der Waals surface area contributed by atoms with Gasteiger partial charge in [-0.25, -0.2) is 4.57 Å². The second-order valence-corrected chi connectivity index (χ2v) is 3.55. The fourth-order valence-electron chi connectivity index (χ4n) is 1.33. The summed E-state index contributed by atoms with van der Waals surface area (Å²) in [7, 11) is 1.91. The number of nitro groups is 1. The number of rotatable bonds is 3. The summed E-state index contributed by atoms with van der Waals surface area (Å²) in [6.45, 7) is 0. The molecule has 5 nitrogen and oxygen atoms in total. The minimum absolute atomic E-state index is 0. The first-order valence-corrected chi connectivity index (χ1v) is 5.03. The first kappa shape index (κ1) is 14.4. The Kier molecular flexibility index (Phi) is 5.02. The highest BCUT2D eigenvalue weighted by molar-refractivity contribution is 5.38. The average molecular weight is 358 g/mol. The van der Waals surface area contributed by atoms with Gasteiger partial charge in [0.05, 0.1) is 4.92 Å². The molecule has 1 aromatic heterocycles. The van der Waals surface area contributed by atoms with E-state index in [1.807, 2.05) is 36.1 Å². The van der Waals surface area contributed by atoms with Crippen LogP contribution in [0.1, 0.15) is 0 Å². The van der Waals surface area contributed by atoms with Crippen molar-refractivity contribution in [1.82, 2.24) is 0 Å². The van der Waals surface area contributed by atoms with Crippen LogP contribution in [0.5, 0.6) is 11.5 Å². The van der Waals surface area contributed by atoms with Crippen LogP contribution in [0, 0.1) is 10.1 Å². The Labute approximate surface area is 121 Å². The van der Waals surface area contributed by atoms with E-state index in [0.717, 1.165) is 0 Å². The topological polar surface area (TPSA) is 56.2 Å². The molecule has 0 fully saturated rings. The lowest BCUT2D eigenvalue weighted by atomic mass is 10.3. The molecule has 2 aromatic rings. The summed E-state index contributed by atoms with van der Waals surface area (Å²) in [5, 5.41) is 10.5. The van der Waals surface area contributed by atoms with Gasteiger partial charge in [0.25, 0.3) is 5.69 Å². The third kappa shape index (κ3) is 3.66. The molecule has 1 heterocycles. The predicted molar refractivity (Wildman–Crippen MR) is 60.8 cm³/mol. The Morgan fingerprint density at radius 1 is 1.06 bits per heavy atom. The van der Waals surface area contributed by atoms with Crippen LogP contribution in [0.3, 0.4) is 0 Å². The van der Waals surface area contributed by atoms with Crippen molar-refractivity contribution < 1.29 is 38.2 Å². The van der Waals surface area contributed by atoms with E-state index in [0.29, 0.717) is 11.5 Å². The molecular formula is C12H11IN2O3. The summed E-state index contributed by atoms with van der Waals surface area (Å²) in [4.78, 5) is 10.0. The predicted octanol–water partition coefficient (Wildman–Crippen LogP) is -0.784. The molecule has 0 bridgehead atoms. The zero-order valence-corrected chi connectivity index (χ0v) is 11.8. The number of nitro benzene ring substituents is 1. The van der Waals surface area contributed by atoms with Crippen LogP contribution in [0.2, 0.25) is 0 Å². The summed E-state index contributed by atoms with van der Waals surface area (Å²) in [5.41, 5.74) is 0.0526. The van der Waals surface area contributed by atoms with Gasteiger partial charge >= 0.3 is 0 Å². The molecule has 0 aliphatic rings. The fourth-order valence-corrected chi connectivity index (χ4v) is 1.33. The van der Waals surface area contributed by atoms with Crippen molar-refractivity contribution in [3.8, 4) is 11.5 Å². The van der Waals surface area contributed by atoms with Gasteiger partial charge in [-0.2, -0.15) is 0 Å². The van der Waals surface area contributed by atoms with Crippen LogP contribution < -0.4 is 33.3 Å². The smallest absolute Gasteiger partial charge is 0.269 e. The maximum absolute atomic E-state index is 10.5. The lowest BCUT2D eigenvalue weighted by Gasteiger charge is -2.03. The van der Waals surface area contributed by atoms with Gasteiger partial charge in [-0.05, 0) is 12.1 Å². The Morgan fingerprint density at radius 3 is 2.06 bits per heavy atom. The zero-order valence-electron chi connectivity index (χ0n) is 9.62. The summed E-state index contributed by atoms with van der Waals surface area (Å²) >= 11 is 0. The average Bonchev–Trinajstić information content (AvgIpc) is 2.33. The van der Waals surface area contributed by atoms with Gasteiger partial charge in [0, 0.05) is 24.3 Å². The molecule has 2 rings (SSSR count). The van der Waals surface area contributed by atoms with E-state index in [1.54, 1.807) is 12.1 Å². The number of aromatic nitrogens is 1. The Hall–Kier alpha value is -1.70. The monoisotopic (exact) mass is 358 g/mol. The van der Waals surface area contributed by atoms with E-state index >= 15 is 0 Å². The number of pyridine rings is 1. The van der Waals surface area contributed by atoms with Crippen molar-refractivity contribution in [2.75, 3.05) is 0 Å². The third-order valence-corrected chi connectivity index (χ3v) is 2.23. The van der Waals surface area contributed by atoms with E-state index in [4.69, 9.17) is 4.74 Å². The minimum atomic E-state index is -0.438. The molecular weight excluding hydrogens is 347 g/mol. The van der Waals surface area contributed by atoms with Gasteiger partial charge in [-0.15, -0.1) is 0 Å². The standard InChI is InChI=1S/C12H11N2O3.HI/c1-13-8-6-12(7-9-13)17-11-4-2-10(3-5-11)14(15)16;/h2-9H,1H3;1H/q+1;/p-1. The number of hydrogen-bond acceptors (Lipinski definition) is 3. The molecule has 0 atom stereocenters. The lowest BCUT2D eigenvalue weighted by molar-refractivity contribution is -0.671. The molecule has 0 unspecified atom stereocenters. The maximum Gasteiger partial charge on any atom is 0.269 e. The van der Waals surface area contributed by atoms with Crippen molar-refractivity contribution in [2.24, 2.45) is 7.05 Å². The van der Waals surface area contributed by atoms with Crippen molar-refractivity contribution in [3.63, 3.8) is 0 Å². The third-order valence-electron chi connectivity index (χ3n) is 2.23. The van der Waals surface area contributed by atoms with Gasteiger partial charge in [0.1, 0.15) is 18.5 Å². The molecule has 0 radical (unpaired) electrons. The van der Waals surface area contributed by atoms with Gasteiger partial charge in [0.2, 0.25) is 0 Å². The molecule has 18 heavy (non-hydrogen) atoms. The number of non-ortho nitro benzene ring substituents is 1. The molecule has 0 aliphatic heterocycles. The second-order valence-electron chi connectivity index (χ2n) is 3.55. The maximum atomic E-state index is 10.5. The lowest BCUT2D eigenvalue weighted by Crippen LogP contribution is -3.00. The van der Waals surface area contributed by atoms with E-state index in [9.17, 15) is 10.1 Å². The number of hydrogen-bond donors (Lipinski definition) is 0. The normalized spacial score (nSPS) is 9.39. The highest BCUT2D eigenvalue weighted by Gasteiger charge is 2.05. The van der Waals surface area contributed by atoms with E-state index in [-0.39, 0.29) is 29.7 Å². The van der Waals surface area contributed by atoms with Crippen molar-refractivity contribution in [2.45, 2.75) is 0 Å². The minimum Gasteiger partial charge on any atom is -1.00 e. The number of halogens is 1. The first-order chi connectivity index (χ1) is 8.15. The molecule has 0 saturated heterocycles. The molecule has 0 amide bonds. The largest absolute Gasteiger partial charge is 1.00 e. The number of nitrogens with zero attached hydrogens (tertiary/aromatic N) is 2. The van der Waals surface area contributed by atoms with Crippen LogP contribution in [0.25, 0.3) is 0 Å². The highest BCUT2D eigenvalue weighted by Crippen LogP contribution is 2.22. The molecule has 0 N–H and O–H groups in total.